The number of hydrogen-bond donors (Lipinski definition) is 1. The van der Waals surface area contributed by atoms with Gasteiger partial charge in [0, 0.05) is 31.9 Å². The molecule has 1 heterocycles. The first kappa shape index (κ1) is 14.1. The summed E-state index contributed by atoms with van der Waals surface area (Å²) in [7, 11) is 2.13. The molecule has 0 aliphatic carbocycles. The van der Waals surface area contributed by atoms with Gasteiger partial charge < -0.3 is 10.2 Å². The smallest absolute Gasteiger partial charge is 0.123 e. The van der Waals surface area contributed by atoms with Crippen LogP contribution in [-0.2, 0) is 13.0 Å². The molecule has 0 spiro atoms. The maximum absolute atomic E-state index is 13.2. The number of nitrogens with zero attached hydrogens (tertiary/aromatic N) is 1. The lowest BCUT2D eigenvalue weighted by Gasteiger charge is -2.16. The van der Waals surface area contributed by atoms with E-state index < -0.39 is 0 Å². The summed E-state index contributed by atoms with van der Waals surface area (Å²) >= 11 is 0. The Morgan fingerprint density at radius 3 is 2.90 bits per heavy atom. The molecule has 0 aromatic heterocycles. The molecule has 0 amide bonds. The molecule has 0 unspecified atom stereocenters. The lowest BCUT2D eigenvalue weighted by Crippen LogP contribution is -2.18. The van der Waals surface area contributed by atoms with Crippen molar-refractivity contribution < 1.29 is 4.39 Å². The summed E-state index contributed by atoms with van der Waals surface area (Å²) in [5.41, 5.74) is 5.04. The maximum atomic E-state index is 13.2. The van der Waals surface area contributed by atoms with Gasteiger partial charge in [-0.2, -0.15) is 0 Å². The summed E-state index contributed by atoms with van der Waals surface area (Å²) in [6.45, 7) is 3.97. The summed E-state index contributed by atoms with van der Waals surface area (Å²) in [4.78, 5) is 2.29. The molecule has 2 aromatic carbocycles. The van der Waals surface area contributed by atoms with E-state index in [1.54, 1.807) is 12.1 Å². The van der Waals surface area contributed by atoms with Crippen LogP contribution in [0.5, 0.6) is 0 Å². The Bertz CT molecular complexity index is 639. The first-order chi connectivity index (χ1) is 10.1. The number of fused-ring (bicyclic) bond motifs is 1. The van der Waals surface area contributed by atoms with Crippen molar-refractivity contribution >= 4 is 5.69 Å². The van der Waals surface area contributed by atoms with Crippen molar-refractivity contribution in [3.8, 4) is 0 Å². The highest BCUT2D eigenvalue weighted by Crippen LogP contribution is 2.27. The minimum Gasteiger partial charge on any atom is -0.374 e. The Morgan fingerprint density at radius 2 is 2.10 bits per heavy atom. The van der Waals surface area contributed by atoms with Gasteiger partial charge in [0.1, 0.15) is 5.82 Å². The first-order valence-electron chi connectivity index (χ1n) is 7.45. The van der Waals surface area contributed by atoms with Crippen LogP contribution in [0.3, 0.4) is 0 Å². The molecule has 3 rings (SSSR count). The summed E-state index contributed by atoms with van der Waals surface area (Å²) < 4.78 is 13.2. The molecule has 21 heavy (non-hydrogen) atoms. The Labute approximate surface area is 125 Å². The number of anilines is 1. The predicted molar refractivity (Wildman–Crippen MR) is 85.1 cm³/mol. The van der Waals surface area contributed by atoms with Crippen LogP contribution in [0.2, 0.25) is 0 Å². The van der Waals surface area contributed by atoms with Crippen molar-refractivity contribution in [3.63, 3.8) is 0 Å². The fraction of sp³-hybridized carbons (Fsp3) is 0.333. The second-order valence-corrected chi connectivity index (χ2v) is 5.79. The van der Waals surface area contributed by atoms with E-state index in [1.165, 1.54) is 22.9 Å². The molecule has 1 atom stereocenters. The van der Waals surface area contributed by atoms with E-state index in [9.17, 15) is 4.39 Å². The van der Waals surface area contributed by atoms with Gasteiger partial charge in [0.25, 0.3) is 0 Å². The van der Waals surface area contributed by atoms with Crippen LogP contribution >= 0.6 is 0 Å². The zero-order valence-corrected chi connectivity index (χ0v) is 12.6. The molecule has 0 radical (unpaired) electrons. The van der Waals surface area contributed by atoms with E-state index in [-0.39, 0.29) is 11.9 Å². The monoisotopic (exact) mass is 284 g/mol. The van der Waals surface area contributed by atoms with Crippen LogP contribution in [0, 0.1) is 5.82 Å². The van der Waals surface area contributed by atoms with Crippen molar-refractivity contribution in [2.75, 3.05) is 18.5 Å². The fourth-order valence-electron chi connectivity index (χ4n) is 2.89. The van der Waals surface area contributed by atoms with E-state index >= 15 is 0 Å². The average molecular weight is 284 g/mol. The van der Waals surface area contributed by atoms with Gasteiger partial charge in [-0.25, -0.2) is 4.39 Å². The molecule has 0 bridgehead atoms. The molecule has 1 N–H and O–H groups in total. The number of likely N-dealkylation sites (N-methyl/N-ethyl adjacent to an activating group) is 1. The summed E-state index contributed by atoms with van der Waals surface area (Å²) in [6.07, 6.45) is 1.12. The lowest BCUT2D eigenvalue weighted by atomic mass is 10.1. The first-order valence-corrected chi connectivity index (χ1v) is 7.45. The van der Waals surface area contributed by atoms with E-state index in [0.717, 1.165) is 25.1 Å². The third-order valence-electron chi connectivity index (χ3n) is 4.23. The highest BCUT2D eigenvalue weighted by atomic mass is 19.1. The second kappa shape index (κ2) is 5.86. The molecule has 0 fully saturated rings. The van der Waals surface area contributed by atoms with Gasteiger partial charge in [-0.1, -0.05) is 24.3 Å². The van der Waals surface area contributed by atoms with Crippen LogP contribution in [0.1, 0.15) is 29.7 Å². The standard InChI is InChI=1S/C18H21FN2/c1-13(15-4-3-5-17(19)11-15)20-12-14-6-7-18-16(10-14)8-9-21(18)2/h3-7,10-11,13,20H,8-9,12H2,1-2H3/t13-/m0/s1. The van der Waals surface area contributed by atoms with Crippen molar-refractivity contribution in [2.45, 2.75) is 25.9 Å². The van der Waals surface area contributed by atoms with Crippen molar-refractivity contribution in [2.24, 2.45) is 0 Å². The van der Waals surface area contributed by atoms with Crippen molar-refractivity contribution in [3.05, 3.63) is 65.0 Å². The van der Waals surface area contributed by atoms with Crippen LogP contribution < -0.4 is 10.2 Å². The Kier molecular flexibility index (Phi) is 3.93. The van der Waals surface area contributed by atoms with Gasteiger partial charge >= 0.3 is 0 Å². The van der Waals surface area contributed by atoms with Gasteiger partial charge in [0.05, 0.1) is 0 Å². The zero-order chi connectivity index (χ0) is 14.8. The van der Waals surface area contributed by atoms with Gasteiger partial charge in [0.2, 0.25) is 0 Å². The van der Waals surface area contributed by atoms with Crippen molar-refractivity contribution in [1.82, 2.24) is 5.32 Å². The Hall–Kier alpha value is -1.87. The lowest BCUT2D eigenvalue weighted by molar-refractivity contribution is 0.565. The number of halogens is 1. The molecular formula is C18H21FN2. The van der Waals surface area contributed by atoms with Crippen molar-refractivity contribution in [1.29, 1.82) is 0 Å². The average Bonchev–Trinajstić information content (AvgIpc) is 2.86. The number of nitrogens with one attached hydrogen (secondary N) is 1. The van der Waals surface area contributed by atoms with Crippen LogP contribution in [-0.4, -0.2) is 13.6 Å². The fourth-order valence-corrected chi connectivity index (χ4v) is 2.89. The van der Waals surface area contributed by atoms with Gasteiger partial charge in [-0.15, -0.1) is 0 Å². The molecular weight excluding hydrogens is 263 g/mol. The third kappa shape index (κ3) is 3.08. The molecule has 0 saturated carbocycles. The summed E-state index contributed by atoms with van der Waals surface area (Å²) in [6, 6.07) is 13.6. The summed E-state index contributed by atoms with van der Waals surface area (Å²) in [5, 5.41) is 3.46. The minimum atomic E-state index is -0.179. The van der Waals surface area contributed by atoms with E-state index in [1.807, 2.05) is 6.07 Å². The topological polar surface area (TPSA) is 15.3 Å². The van der Waals surface area contributed by atoms with E-state index in [0.29, 0.717) is 0 Å². The Balaban J connectivity index is 1.65. The number of benzene rings is 2. The second-order valence-electron chi connectivity index (χ2n) is 5.79. The van der Waals surface area contributed by atoms with Gasteiger partial charge in [0.15, 0.2) is 0 Å². The highest BCUT2D eigenvalue weighted by Gasteiger charge is 2.15. The van der Waals surface area contributed by atoms with Crippen LogP contribution in [0.4, 0.5) is 10.1 Å². The van der Waals surface area contributed by atoms with Gasteiger partial charge in [-0.05, 0) is 48.2 Å². The Morgan fingerprint density at radius 1 is 1.24 bits per heavy atom. The molecule has 2 nitrogen and oxygen atoms in total. The van der Waals surface area contributed by atoms with E-state index in [4.69, 9.17) is 0 Å². The minimum absolute atomic E-state index is 0.136. The van der Waals surface area contributed by atoms with E-state index in [2.05, 4.69) is 42.4 Å². The van der Waals surface area contributed by atoms with Gasteiger partial charge in [-0.3, -0.25) is 0 Å². The number of rotatable bonds is 4. The predicted octanol–water partition coefficient (Wildman–Crippen LogP) is 3.67. The molecule has 0 saturated heterocycles. The molecule has 1 aliphatic rings. The molecule has 1 aliphatic heterocycles. The summed E-state index contributed by atoms with van der Waals surface area (Å²) in [5.74, 6) is -0.179. The quantitative estimate of drug-likeness (QED) is 0.921. The molecule has 2 aromatic rings. The van der Waals surface area contributed by atoms with Crippen LogP contribution in [0.25, 0.3) is 0 Å². The maximum Gasteiger partial charge on any atom is 0.123 e. The molecule has 110 valence electrons. The number of hydrogen-bond acceptors (Lipinski definition) is 2. The SMILES string of the molecule is C[C@H](NCc1ccc2c(c1)CCN2C)c1cccc(F)c1. The highest BCUT2D eigenvalue weighted by molar-refractivity contribution is 5.58. The molecule has 3 heteroatoms. The largest absolute Gasteiger partial charge is 0.374 e. The zero-order valence-electron chi connectivity index (χ0n) is 12.6. The third-order valence-corrected chi connectivity index (χ3v) is 4.23. The van der Waals surface area contributed by atoms with Crippen LogP contribution in [0.15, 0.2) is 42.5 Å². The normalized spacial score (nSPS) is 15.1.